The van der Waals surface area contributed by atoms with Crippen molar-refractivity contribution in [1.82, 2.24) is 15.1 Å². The Balaban J connectivity index is 1.10. The molecular formula is C33H35N5O8. The minimum Gasteiger partial charge on any atom is -0.511 e. The van der Waals surface area contributed by atoms with E-state index in [9.17, 15) is 39.3 Å². The molecule has 0 spiro atoms. The lowest BCUT2D eigenvalue weighted by Crippen LogP contribution is -2.54. The van der Waals surface area contributed by atoms with E-state index in [0.29, 0.717) is 13.0 Å². The van der Waals surface area contributed by atoms with Crippen LogP contribution >= 0.6 is 0 Å². The number of nitrogens with zero attached hydrogens (tertiary/aromatic N) is 3. The van der Waals surface area contributed by atoms with Gasteiger partial charge in [-0.1, -0.05) is 36.4 Å². The highest BCUT2D eigenvalue weighted by molar-refractivity contribution is 6.25. The van der Waals surface area contributed by atoms with Crippen molar-refractivity contribution >= 4 is 41.3 Å². The van der Waals surface area contributed by atoms with Crippen molar-refractivity contribution in [2.75, 3.05) is 25.0 Å². The van der Waals surface area contributed by atoms with Crippen LogP contribution in [-0.4, -0.2) is 105 Å². The molecule has 3 aliphatic heterocycles. The molecular weight excluding hydrogens is 594 g/mol. The summed E-state index contributed by atoms with van der Waals surface area (Å²) in [6.07, 6.45) is 0.293. The fourth-order valence-corrected chi connectivity index (χ4v) is 6.74. The highest BCUT2D eigenvalue weighted by atomic mass is 16.3. The number of nitrogens with one attached hydrogen (secondary N) is 2. The smallest absolute Gasteiger partial charge is 0.264 e. The summed E-state index contributed by atoms with van der Waals surface area (Å²) in [4.78, 5) is 70.4. The van der Waals surface area contributed by atoms with Gasteiger partial charge in [0.2, 0.25) is 11.8 Å². The number of piperidine rings is 1. The average molecular weight is 630 g/mol. The summed E-state index contributed by atoms with van der Waals surface area (Å²) in [7, 11) is 0. The molecule has 0 saturated carbocycles. The monoisotopic (exact) mass is 629 g/mol. The molecule has 2 saturated heterocycles. The van der Waals surface area contributed by atoms with Crippen molar-refractivity contribution in [2.45, 2.75) is 62.4 Å². The number of amides is 4. The van der Waals surface area contributed by atoms with E-state index in [1.807, 2.05) is 35.2 Å². The van der Waals surface area contributed by atoms with Crippen LogP contribution in [0.1, 0.15) is 64.3 Å². The minimum atomic E-state index is -1.25. The summed E-state index contributed by atoms with van der Waals surface area (Å²) in [6.45, 7) is 0.828. The first-order valence-electron chi connectivity index (χ1n) is 15.3. The zero-order chi connectivity index (χ0) is 32.5. The van der Waals surface area contributed by atoms with Gasteiger partial charge in [0.1, 0.15) is 18.0 Å². The maximum atomic E-state index is 13.4. The maximum absolute atomic E-state index is 13.4. The second kappa shape index (κ2) is 12.9. The third kappa shape index (κ3) is 6.08. The molecule has 2 fully saturated rings. The van der Waals surface area contributed by atoms with E-state index >= 15 is 0 Å². The molecule has 2 aromatic carbocycles. The number of hydrogen-bond donors (Lipinski definition) is 5. The van der Waals surface area contributed by atoms with Crippen LogP contribution < -0.4 is 10.6 Å². The first-order chi connectivity index (χ1) is 22.1. The summed E-state index contributed by atoms with van der Waals surface area (Å²) >= 11 is 0. The van der Waals surface area contributed by atoms with Crippen LogP contribution in [0.15, 0.2) is 64.9 Å². The normalized spacial score (nSPS) is 26.2. The number of fused-ring (bicyclic) bond motifs is 1. The molecule has 0 bridgehead atoms. The van der Waals surface area contributed by atoms with Crippen molar-refractivity contribution in [3.05, 3.63) is 76.6 Å². The average Bonchev–Trinajstić information content (AvgIpc) is 3.53. The number of ketones is 1. The number of rotatable bonds is 9. The first kappa shape index (κ1) is 31.3. The predicted octanol–water partition coefficient (Wildman–Crippen LogP) is 1.28. The van der Waals surface area contributed by atoms with Gasteiger partial charge in [0.05, 0.1) is 35.4 Å². The minimum absolute atomic E-state index is 0.00130. The molecule has 240 valence electrons. The van der Waals surface area contributed by atoms with Gasteiger partial charge in [-0.3, -0.25) is 44.1 Å². The summed E-state index contributed by atoms with van der Waals surface area (Å²) in [5.74, 6) is -2.81. The van der Waals surface area contributed by atoms with Crippen molar-refractivity contribution in [1.29, 1.82) is 0 Å². The van der Waals surface area contributed by atoms with Gasteiger partial charge in [0.15, 0.2) is 5.78 Å². The molecule has 0 aromatic heterocycles. The van der Waals surface area contributed by atoms with Crippen LogP contribution in [-0.2, 0) is 14.4 Å². The number of allylic oxidation sites excluding steroid dienone is 2. The van der Waals surface area contributed by atoms with E-state index in [4.69, 9.17) is 0 Å². The van der Waals surface area contributed by atoms with Gasteiger partial charge < -0.3 is 20.6 Å². The Labute approximate surface area is 264 Å². The Morgan fingerprint density at radius 3 is 2.54 bits per heavy atom. The Kier molecular flexibility index (Phi) is 8.80. The summed E-state index contributed by atoms with van der Waals surface area (Å²) in [5, 5.41) is 37.3. The number of benzene rings is 2. The van der Waals surface area contributed by atoms with E-state index in [2.05, 4.69) is 15.6 Å². The van der Waals surface area contributed by atoms with Crippen LogP contribution in [0.5, 0.6) is 0 Å². The maximum Gasteiger partial charge on any atom is 0.264 e. The zero-order valence-corrected chi connectivity index (χ0v) is 25.0. The van der Waals surface area contributed by atoms with Crippen LogP contribution in [0.4, 0.5) is 5.69 Å². The number of likely N-dealkylation sites (tertiary alicyclic amines) is 1. The van der Waals surface area contributed by atoms with Gasteiger partial charge in [-0.2, -0.15) is 0 Å². The molecule has 2 aromatic rings. The lowest BCUT2D eigenvalue weighted by molar-refractivity contribution is -0.136. The van der Waals surface area contributed by atoms with Crippen LogP contribution in [0.25, 0.3) is 0 Å². The number of imide groups is 2. The lowest BCUT2D eigenvalue weighted by Gasteiger charge is -2.29. The van der Waals surface area contributed by atoms with Crippen molar-refractivity contribution < 1.29 is 39.3 Å². The highest BCUT2D eigenvalue weighted by Crippen LogP contribution is 2.34. The number of aliphatic hydroxyl groups excluding tert-OH is 3. The second-order valence-corrected chi connectivity index (χ2v) is 12.1. The van der Waals surface area contributed by atoms with E-state index in [1.54, 1.807) is 12.1 Å². The Morgan fingerprint density at radius 1 is 1.02 bits per heavy atom. The van der Waals surface area contributed by atoms with Crippen molar-refractivity contribution in [2.24, 2.45) is 4.99 Å². The fourth-order valence-electron chi connectivity index (χ4n) is 6.74. The number of β-amino-alcohol motifs (C(OH)–C–C–N with tert-alkyl or cyclic N) is 1. The van der Waals surface area contributed by atoms with Gasteiger partial charge in [0.25, 0.3) is 11.8 Å². The quantitative estimate of drug-likeness (QED) is 0.154. The Bertz CT molecular complexity index is 1640. The number of carbonyl (C=O) groups excluding carboxylic acids is 5. The van der Waals surface area contributed by atoms with Crippen LogP contribution in [0.3, 0.4) is 0 Å². The van der Waals surface area contributed by atoms with Crippen LogP contribution in [0, 0.1) is 0 Å². The predicted molar refractivity (Wildman–Crippen MR) is 165 cm³/mol. The van der Waals surface area contributed by atoms with Gasteiger partial charge in [-0.05, 0) is 36.5 Å². The third-order valence-electron chi connectivity index (χ3n) is 9.05. The molecule has 5 atom stereocenters. The van der Waals surface area contributed by atoms with E-state index in [-0.39, 0.29) is 78.6 Å². The standard InChI is InChI=1S/C33H35N5O8/c39-20-15-25(37(17-20)12-11-34-16-22-26(40)13-19(14-27(22)41)18-5-2-1-3-6-18)31(44)35-23-8-4-7-21-29(23)33(46)38(32(21)45)24-9-10-28(42)36-30(24)43/h1-8,16,19-20,24-25,31,35,39-40,44H,9-15,17H2,(H,36,42,43)/t19?,20-,24?,25-,31?/m0/s1. The third-order valence-corrected chi connectivity index (χ3v) is 9.05. The summed E-state index contributed by atoms with van der Waals surface area (Å²) < 4.78 is 0. The SMILES string of the molecule is O=C1CCC(N2C(=O)c3cccc(NC(O)[C@@H]4C[C@H](O)CN4CCN=CC4=C(O)CC(c5ccccc5)CC4=O)c3C2=O)C(=O)N1. The number of Topliss-reactive ketones (excluding diaryl/α,β-unsaturated/α-hetero) is 1. The van der Waals surface area contributed by atoms with Gasteiger partial charge in [0, 0.05) is 44.3 Å². The summed E-state index contributed by atoms with van der Waals surface area (Å²) in [6, 6.07) is 12.5. The molecule has 13 nitrogen and oxygen atoms in total. The van der Waals surface area contributed by atoms with Crippen molar-refractivity contribution in [3.8, 4) is 0 Å². The Hall–Kier alpha value is -4.72. The second-order valence-electron chi connectivity index (χ2n) is 12.1. The largest absolute Gasteiger partial charge is 0.511 e. The number of anilines is 1. The number of aliphatic hydroxyl groups is 3. The van der Waals surface area contributed by atoms with Crippen molar-refractivity contribution in [3.63, 3.8) is 0 Å². The van der Waals surface area contributed by atoms with Gasteiger partial charge >= 0.3 is 0 Å². The van der Waals surface area contributed by atoms with Crippen LogP contribution in [0.2, 0.25) is 0 Å². The van der Waals surface area contributed by atoms with E-state index in [0.717, 1.165) is 10.5 Å². The first-order valence-corrected chi connectivity index (χ1v) is 15.3. The topological polar surface area (TPSA) is 189 Å². The molecule has 4 amide bonds. The molecule has 3 unspecified atom stereocenters. The molecule has 46 heavy (non-hydrogen) atoms. The Morgan fingerprint density at radius 2 is 1.80 bits per heavy atom. The molecule has 3 heterocycles. The molecule has 5 N–H and O–H groups in total. The fraction of sp³-hybridized carbons (Fsp3) is 0.394. The van der Waals surface area contributed by atoms with E-state index in [1.165, 1.54) is 12.3 Å². The van der Waals surface area contributed by atoms with Gasteiger partial charge in [-0.25, -0.2) is 0 Å². The van der Waals surface area contributed by atoms with Gasteiger partial charge in [-0.15, -0.1) is 0 Å². The zero-order valence-electron chi connectivity index (χ0n) is 25.0. The number of carbonyl (C=O) groups is 5. The molecule has 0 radical (unpaired) electrons. The molecule has 1 aliphatic carbocycles. The number of aliphatic imine (C=N–C) groups is 1. The lowest BCUT2D eigenvalue weighted by atomic mass is 9.83. The molecule has 4 aliphatic rings. The molecule has 13 heteroatoms. The number of hydrogen-bond acceptors (Lipinski definition) is 11. The summed E-state index contributed by atoms with van der Waals surface area (Å²) in [5.41, 5.74) is 1.48. The van der Waals surface area contributed by atoms with E-state index < -0.39 is 48.0 Å². The molecule has 6 rings (SSSR count). The highest BCUT2D eigenvalue weighted by Gasteiger charge is 2.46.